The largest absolute Gasteiger partial charge is 0.278 e. The van der Waals surface area contributed by atoms with Crippen LogP contribution in [0.1, 0.15) is 25.0 Å². The first-order chi connectivity index (χ1) is 7.29. The molecule has 0 spiro atoms. The van der Waals surface area contributed by atoms with Crippen molar-refractivity contribution in [3.63, 3.8) is 0 Å². The molecule has 0 saturated heterocycles. The van der Waals surface area contributed by atoms with E-state index in [0.717, 1.165) is 5.69 Å². The number of benzene rings is 1. The van der Waals surface area contributed by atoms with Crippen molar-refractivity contribution in [3.05, 3.63) is 41.6 Å². The third kappa shape index (κ3) is 2.46. The van der Waals surface area contributed by atoms with Crippen molar-refractivity contribution < 1.29 is 0 Å². The van der Waals surface area contributed by atoms with Gasteiger partial charge in [-0.2, -0.15) is 5.10 Å². The van der Waals surface area contributed by atoms with Crippen LogP contribution in [0.3, 0.4) is 0 Å². The lowest BCUT2D eigenvalue weighted by molar-refractivity contribution is 1.09. The lowest BCUT2D eigenvalue weighted by Gasteiger charge is -2.05. The molecule has 0 saturated carbocycles. The zero-order valence-electron chi connectivity index (χ0n) is 9.83. The molecule has 1 N–H and O–H groups in total. The number of rotatable bonds is 1. The Kier molecular flexibility index (Phi) is 4.10. The van der Waals surface area contributed by atoms with Crippen LogP contribution in [0.2, 0.25) is 0 Å². The van der Waals surface area contributed by atoms with Gasteiger partial charge in [-0.05, 0) is 31.0 Å². The molecule has 0 radical (unpaired) electrons. The van der Waals surface area contributed by atoms with Gasteiger partial charge in [0.25, 0.3) is 0 Å². The molecule has 1 heterocycles. The zero-order valence-corrected chi connectivity index (χ0v) is 9.83. The quantitative estimate of drug-likeness (QED) is 0.750. The van der Waals surface area contributed by atoms with Crippen molar-refractivity contribution in [1.29, 1.82) is 0 Å². The maximum atomic E-state index is 3.94. The summed E-state index contributed by atoms with van der Waals surface area (Å²) in [6.07, 6.45) is 1.77. The Morgan fingerprint density at radius 3 is 2.40 bits per heavy atom. The first kappa shape index (κ1) is 11.5. The van der Waals surface area contributed by atoms with Crippen molar-refractivity contribution in [1.82, 2.24) is 10.2 Å². The molecule has 15 heavy (non-hydrogen) atoms. The van der Waals surface area contributed by atoms with Crippen LogP contribution in [0.15, 0.2) is 30.5 Å². The average molecular weight is 202 g/mol. The smallest absolute Gasteiger partial charge is 0.0652 e. The summed E-state index contributed by atoms with van der Waals surface area (Å²) in [5.74, 6) is 0. The molecule has 0 aliphatic carbocycles. The van der Waals surface area contributed by atoms with E-state index in [4.69, 9.17) is 0 Å². The van der Waals surface area contributed by atoms with Gasteiger partial charge in [0, 0.05) is 11.8 Å². The monoisotopic (exact) mass is 202 g/mol. The van der Waals surface area contributed by atoms with Gasteiger partial charge in [-0.25, -0.2) is 0 Å². The number of nitrogens with zero attached hydrogens (tertiary/aromatic N) is 1. The van der Waals surface area contributed by atoms with Crippen molar-refractivity contribution >= 4 is 0 Å². The van der Waals surface area contributed by atoms with Crippen molar-refractivity contribution in [2.24, 2.45) is 0 Å². The van der Waals surface area contributed by atoms with E-state index in [2.05, 4.69) is 42.2 Å². The summed E-state index contributed by atoms with van der Waals surface area (Å²) in [6.45, 7) is 8.25. The van der Waals surface area contributed by atoms with Gasteiger partial charge < -0.3 is 0 Å². The van der Waals surface area contributed by atoms with Crippen LogP contribution < -0.4 is 0 Å². The molecule has 0 atom stereocenters. The van der Waals surface area contributed by atoms with Crippen LogP contribution >= 0.6 is 0 Å². The summed E-state index contributed by atoms with van der Waals surface area (Å²) in [5.41, 5.74) is 4.94. The third-order valence-corrected chi connectivity index (χ3v) is 2.40. The van der Waals surface area contributed by atoms with Gasteiger partial charge in [0.15, 0.2) is 0 Å². The number of H-pyrrole nitrogens is 1. The highest BCUT2D eigenvalue weighted by atomic mass is 15.1. The Bertz CT molecular complexity index is 402. The number of hydrogen-bond acceptors (Lipinski definition) is 1. The lowest BCUT2D eigenvalue weighted by Crippen LogP contribution is -1.86. The van der Waals surface area contributed by atoms with E-state index in [1.807, 2.05) is 19.9 Å². The van der Waals surface area contributed by atoms with Crippen molar-refractivity contribution in [2.45, 2.75) is 27.7 Å². The normalized spacial score (nSPS) is 9.33. The highest BCUT2D eigenvalue weighted by Gasteiger charge is 2.03. The molecule has 0 amide bonds. The predicted molar refractivity (Wildman–Crippen MR) is 64.8 cm³/mol. The summed E-state index contributed by atoms with van der Waals surface area (Å²) in [5, 5.41) is 6.92. The summed E-state index contributed by atoms with van der Waals surface area (Å²) >= 11 is 0. The number of nitrogens with one attached hydrogen (secondary N) is 1. The summed E-state index contributed by atoms with van der Waals surface area (Å²) < 4.78 is 0. The maximum absolute atomic E-state index is 3.94. The van der Waals surface area contributed by atoms with Crippen LogP contribution in [0.25, 0.3) is 11.3 Å². The molecule has 2 rings (SSSR count). The minimum atomic E-state index is 1.08. The van der Waals surface area contributed by atoms with Gasteiger partial charge in [0.05, 0.1) is 5.69 Å². The van der Waals surface area contributed by atoms with Gasteiger partial charge in [-0.3, -0.25) is 5.10 Å². The van der Waals surface area contributed by atoms with Gasteiger partial charge in [-0.15, -0.1) is 0 Å². The predicted octanol–water partition coefficient (Wildman–Crippen LogP) is 3.72. The zero-order chi connectivity index (χ0) is 11.3. The number of aromatic amines is 1. The van der Waals surface area contributed by atoms with E-state index in [0.29, 0.717) is 0 Å². The third-order valence-electron chi connectivity index (χ3n) is 2.40. The van der Waals surface area contributed by atoms with Crippen LogP contribution in [0.5, 0.6) is 0 Å². The van der Waals surface area contributed by atoms with E-state index >= 15 is 0 Å². The fourth-order valence-corrected chi connectivity index (χ4v) is 1.45. The average Bonchev–Trinajstić information content (AvgIpc) is 2.78. The van der Waals surface area contributed by atoms with E-state index < -0.39 is 0 Å². The molecule has 0 fully saturated rings. The van der Waals surface area contributed by atoms with E-state index in [9.17, 15) is 0 Å². The Labute approximate surface area is 91.4 Å². The summed E-state index contributed by atoms with van der Waals surface area (Å²) in [4.78, 5) is 0. The van der Waals surface area contributed by atoms with Crippen molar-refractivity contribution in [2.75, 3.05) is 0 Å². The Hall–Kier alpha value is -1.57. The van der Waals surface area contributed by atoms with Gasteiger partial charge in [-0.1, -0.05) is 32.0 Å². The molecule has 0 unspecified atom stereocenters. The molecule has 2 aromatic rings. The minimum Gasteiger partial charge on any atom is -0.278 e. The topological polar surface area (TPSA) is 28.7 Å². The highest BCUT2D eigenvalue weighted by molar-refractivity contribution is 5.64. The fourth-order valence-electron chi connectivity index (χ4n) is 1.45. The molecule has 0 bridgehead atoms. The van der Waals surface area contributed by atoms with Crippen LogP contribution in [-0.2, 0) is 0 Å². The second-order valence-corrected chi connectivity index (χ2v) is 3.22. The molecule has 2 nitrogen and oxygen atoms in total. The first-order valence-electron chi connectivity index (χ1n) is 5.35. The van der Waals surface area contributed by atoms with Crippen LogP contribution in [0.4, 0.5) is 0 Å². The summed E-state index contributed by atoms with van der Waals surface area (Å²) in [7, 11) is 0. The minimum absolute atomic E-state index is 1.08. The lowest BCUT2D eigenvalue weighted by atomic mass is 10.0. The molecule has 1 aromatic carbocycles. The van der Waals surface area contributed by atoms with Gasteiger partial charge >= 0.3 is 0 Å². The number of aromatic nitrogens is 2. The molecule has 1 aromatic heterocycles. The fraction of sp³-hybridized carbons (Fsp3) is 0.308. The van der Waals surface area contributed by atoms with E-state index in [1.54, 1.807) is 6.20 Å². The maximum Gasteiger partial charge on any atom is 0.0652 e. The second kappa shape index (κ2) is 5.35. The molecular weight excluding hydrogens is 184 g/mol. The van der Waals surface area contributed by atoms with E-state index in [-0.39, 0.29) is 0 Å². The number of aryl methyl sites for hydroxylation is 1. The molecule has 80 valence electrons. The van der Waals surface area contributed by atoms with E-state index in [1.165, 1.54) is 16.7 Å². The van der Waals surface area contributed by atoms with Gasteiger partial charge in [0.2, 0.25) is 0 Å². The van der Waals surface area contributed by atoms with Crippen molar-refractivity contribution in [3.8, 4) is 11.3 Å². The Morgan fingerprint density at radius 2 is 1.80 bits per heavy atom. The van der Waals surface area contributed by atoms with Gasteiger partial charge in [0.1, 0.15) is 0 Å². The molecular formula is C13H18N2. The second-order valence-electron chi connectivity index (χ2n) is 3.22. The molecule has 2 heteroatoms. The molecule has 0 aliphatic rings. The first-order valence-corrected chi connectivity index (χ1v) is 5.35. The molecule has 0 aliphatic heterocycles. The standard InChI is InChI=1S/C11H12N2.C2H6/c1-8-4-3-5-10(9(8)2)11-6-7-12-13-11;1-2/h3-7H,1-2H3,(H,12,13);1-2H3. The Balaban J connectivity index is 0.000000531. The highest BCUT2D eigenvalue weighted by Crippen LogP contribution is 2.22. The summed E-state index contributed by atoms with van der Waals surface area (Å²) in [6, 6.07) is 8.28. The SMILES string of the molecule is CC.Cc1cccc(-c2ccn[nH]2)c1C. The Morgan fingerprint density at radius 1 is 1.07 bits per heavy atom. The van der Waals surface area contributed by atoms with Crippen LogP contribution in [0, 0.1) is 13.8 Å². The van der Waals surface area contributed by atoms with Crippen LogP contribution in [-0.4, -0.2) is 10.2 Å². The number of hydrogen-bond donors (Lipinski definition) is 1.